The van der Waals surface area contributed by atoms with Gasteiger partial charge in [0, 0.05) is 55.5 Å². The van der Waals surface area contributed by atoms with Gasteiger partial charge in [-0.25, -0.2) is 0 Å². The highest BCUT2D eigenvalue weighted by atomic mass is 16.6. The van der Waals surface area contributed by atoms with Gasteiger partial charge in [-0.3, -0.25) is 19.7 Å². The number of carbonyl (C=O) groups excluding carboxylic acids is 1. The smallest absolute Gasteiger partial charge is 0.295 e. The zero-order valence-corrected chi connectivity index (χ0v) is 21.7. The summed E-state index contributed by atoms with van der Waals surface area (Å²) < 4.78 is 6.53. The van der Waals surface area contributed by atoms with Gasteiger partial charge in [0.1, 0.15) is 5.69 Å². The van der Waals surface area contributed by atoms with Crippen LogP contribution in [0.5, 0.6) is 0 Å². The number of ether oxygens (including phenoxy) is 1. The molecule has 1 aliphatic rings. The van der Waals surface area contributed by atoms with Gasteiger partial charge in [0.15, 0.2) is 0 Å². The van der Waals surface area contributed by atoms with Crippen molar-refractivity contribution < 1.29 is 14.5 Å². The van der Waals surface area contributed by atoms with E-state index in [4.69, 9.17) is 4.74 Å². The molecule has 0 radical (unpaired) electrons. The number of carbonyl (C=O) groups is 1. The van der Waals surface area contributed by atoms with Gasteiger partial charge >= 0.3 is 0 Å². The van der Waals surface area contributed by atoms with Gasteiger partial charge in [0.25, 0.3) is 17.2 Å². The SMILES string of the molecule is C=Cc1cc(C(=O)N(C)C)cc(-c2nn(-c3cc(N4CCOCC4)ccc3[N+](=O)[O-])c(=O)c3ccccc23)c1. The third-order valence-corrected chi connectivity index (χ3v) is 6.68. The van der Waals surface area contributed by atoms with Gasteiger partial charge in [-0.2, -0.15) is 9.78 Å². The van der Waals surface area contributed by atoms with Crippen LogP contribution in [-0.2, 0) is 4.74 Å². The molecule has 198 valence electrons. The van der Waals surface area contributed by atoms with E-state index in [0.29, 0.717) is 59.5 Å². The minimum absolute atomic E-state index is 0.0606. The lowest BCUT2D eigenvalue weighted by Gasteiger charge is -2.29. The van der Waals surface area contributed by atoms with Crippen molar-refractivity contribution in [2.75, 3.05) is 45.3 Å². The molecule has 10 nitrogen and oxygen atoms in total. The van der Waals surface area contributed by atoms with E-state index in [2.05, 4.69) is 16.6 Å². The number of nitro groups is 1. The average Bonchev–Trinajstić information content (AvgIpc) is 2.96. The lowest BCUT2D eigenvalue weighted by atomic mass is 9.99. The van der Waals surface area contributed by atoms with Gasteiger partial charge in [-0.15, -0.1) is 0 Å². The fraction of sp³-hybridized carbons (Fsp3) is 0.207. The van der Waals surface area contributed by atoms with Gasteiger partial charge in [0.2, 0.25) is 0 Å². The Morgan fingerprint density at radius 1 is 1.08 bits per heavy atom. The number of aromatic nitrogens is 2. The Balaban J connectivity index is 1.79. The Hall–Kier alpha value is -4.83. The van der Waals surface area contributed by atoms with Crippen LogP contribution in [0.15, 0.2) is 72.0 Å². The topological polar surface area (TPSA) is 111 Å². The van der Waals surface area contributed by atoms with Crippen LogP contribution in [0.1, 0.15) is 15.9 Å². The van der Waals surface area contributed by atoms with Crippen molar-refractivity contribution >= 4 is 34.1 Å². The summed E-state index contributed by atoms with van der Waals surface area (Å²) in [5, 5.41) is 17.7. The molecule has 0 spiro atoms. The van der Waals surface area contributed by atoms with E-state index >= 15 is 0 Å². The summed E-state index contributed by atoms with van der Waals surface area (Å²) in [6.07, 6.45) is 1.63. The van der Waals surface area contributed by atoms with Crippen molar-refractivity contribution in [3.8, 4) is 16.9 Å². The molecule has 5 rings (SSSR count). The summed E-state index contributed by atoms with van der Waals surface area (Å²) in [7, 11) is 3.33. The Labute approximate surface area is 224 Å². The van der Waals surface area contributed by atoms with Crippen LogP contribution in [0, 0.1) is 10.1 Å². The van der Waals surface area contributed by atoms with Crippen molar-refractivity contribution in [2.45, 2.75) is 0 Å². The standard InChI is InChI=1S/C29H27N5O5/c1-4-19-15-20(17-21(16-19)28(35)31(2)3)27-23-7-5-6-8-24(23)29(36)33(30-27)26-18-22(9-10-25(26)34(37)38)32-11-13-39-14-12-32/h4-10,15-18H,1,11-14H2,2-3H3. The Morgan fingerprint density at radius 2 is 1.79 bits per heavy atom. The summed E-state index contributed by atoms with van der Waals surface area (Å²) in [5.41, 5.74) is 2.17. The molecule has 10 heteroatoms. The second-order valence-electron chi connectivity index (χ2n) is 9.39. The quantitative estimate of drug-likeness (QED) is 0.275. The largest absolute Gasteiger partial charge is 0.378 e. The molecule has 0 saturated carbocycles. The molecular weight excluding hydrogens is 498 g/mol. The molecule has 1 saturated heterocycles. The Kier molecular flexibility index (Phi) is 6.95. The van der Waals surface area contributed by atoms with Gasteiger partial charge in [-0.1, -0.05) is 30.9 Å². The first-order valence-electron chi connectivity index (χ1n) is 12.4. The van der Waals surface area contributed by atoms with Crippen LogP contribution in [0.25, 0.3) is 33.8 Å². The number of anilines is 1. The summed E-state index contributed by atoms with van der Waals surface area (Å²) in [5.74, 6) is -0.202. The lowest BCUT2D eigenvalue weighted by molar-refractivity contribution is -0.384. The van der Waals surface area contributed by atoms with Crippen molar-refractivity contribution in [1.82, 2.24) is 14.7 Å². The normalized spacial score (nSPS) is 13.3. The Bertz CT molecular complexity index is 1670. The van der Waals surface area contributed by atoms with Gasteiger partial charge in [0.05, 0.1) is 29.2 Å². The molecule has 1 fully saturated rings. The number of hydrogen-bond acceptors (Lipinski definition) is 7. The molecule has 1 aliphatic heterocycles. The van der Waals surface area contributed by atoms with E-state index < -0.39 is 10.5 Å². The highest BCUT2D eigenvalue weighted by Gasteiger charge is 2.23. The average molecular weight is 526 g/mol. The van der Waals surface area contributed by atoms with E-state index in [1.54, 1.807) is 68.7 Å². The van der Waals surface area contributed by atoms with Crippen LogP contribution in [0.4, 0.5) is 11.4 Å². The molecule has 1 amide bonds. The molecule has 0 atom stereocenters. The number of fused-ring (bicyclic) bond motifs is 1. The van der Waals surface area contributed by atoms with Crippen LogP contribution in [-0.4, -0.2) is 65.9 Å². The molecular formula is C29H27N5O5. The van der Waals surface area contributed by atoms with Gasteiger partial charge < -0.3 is 14.5 Å². The van der Waals surface area contributed by atoms with Crippen molar-refractivity contribution in [3.05, 3.63) is 98.8 Å². The predicted molar refractivity (Wildman–Crippen MR) is 151 cm³/mol. The number of nitro benzene ring substituents is 1. The molecule has 4 aromatic rings. The number of morpholine rings is 1. The number of rotatable bonds is 6. The highest BCUT2D eigenvalue weighted by Crippen LogP contribution is 2.31. The first-order valence-corrected chi connectivity index (χ1v) is 12.4. The van der Waals surface area contributed by atoms with Crippen molar-refractivity contribution in [3.63, 3.8) is 0 Å². The molecule has 0 unspecified atom stereocenters. The molecule has 3 aromatic carbocycles. The monoisotopic (exact) mass is 525 g/mol. The third-order valence-electron chi connectivity index (χ3n) is 6.68. The number of hydrogen-bond donors (Lipinski definition) is 0. The second-order valence-corrected chi connectivity index (χ2v) is 9.39. The van der Waals surface area contributed by atoms with E-state index in [1.807, 2.05) is 6.07 Å². The summed E-state index contributed by atoms with van der Waals surface area (Å²) in [6.45, 7) is 6.18. The van der Waals surface area contributed by atoms with Crippen LogP contribution in [0.3, 0.4) is 0 Å². The fourth-order valence-electron chi connectivity index (χ4n) is 4.71. The summed E-state index contributed by atoms with van der Waals surface area (Å²) >= 11 is 0. The Morgan fingerprint density at radius 3 is 2.46 bits per heavy atom. The molecule has 39 heavy (non-hydrogen) atoms. The summed E-state index contributed by atoms with van der Waals surface area (Å²) in [6, 6.07) is 16.9. The third kappa shape index (κ3) is 4.89. The molecule has 0 bridgehead atoms. The minimum atomic E-state index is -0.520. The zero-order chi connectivity index (χ0) is 27.7. The maximum atomic E-state index is 13.7. The van der Waals surface area contributed by atoms with E-state index in [9.17, 15) is 19.7 Å². The van der Waals surface area contributed by atoms with Crippen molar-refractivity contribution in [1.29, 1.82) is 0 Å². The van der Waals surface area contributed by atoms with E-state index in [-0.39, 0.29) is 17.3 Å². The molecule has 2 heterocycles. The fourth-order valence-corrected chi connectivity index (χ4v) is 4.71. The van der Waals surface area contributed by atoms with E-state index in [0.717, 1.165) is 10.4 Å². The predicted octanol–water partition coefficient (Wildman–Crippen LogP) is 4.14. The van der Waals surface area contributed by atoms with Crippen LogP contribution < -0.4 is 10.5 Å². The van der Waals surface area contributed by atoms with Crippen LogP contribution >= 0.6 is 0 Å². The van der Waals surface area contributed by atoms with Crippen LogP contribution in [0.2, 0.25) is 0 Å². The first kappa shape index (κ1) is 25.8. The summed E-state index contributed by atoms with van der Waals surface area (Å²) in [4.78, 5) is 41.6. The second kappa shape index (κ2) is 10.5. The molecule has 0 aliphatic carbocycles. The number of amides is 1. The van der Waals surface area contributed by atoms with E-state index in [1.165, 1.54) is 11.0 Å². The maximum absolute atomic E-state index is 13.7. The zero-order valence-electron chi connectivity index (χ0n) is 21.7. The highest BCUT2D eigenvalue weighted by molar-refractivity contribution is 5.99. The minimum Gasteiger partial charge on any atom is -0.378 e. The van der Waals surface area contributed by atoms with Gasteiger partial charge in [-0.05, 0) is 42.0 Å². The number of nitrogens with zero attached hydrogens (tertiary/aromatic N) is 5. The van der Waals surface area contributed by atoms with Crippen molar-refractivity contribution in [2.24, 2.45) is 0 Å². The first-order chi connectivity index (χ1) is 18.8. The lowest BCUT2D eigenvalue weighted by Crippen LogP contribution is -2.36. The molecule has 1 aromatic heterocycles. The maximum Gasteiger partial charge on any atom is 0.295 e. The number of benzene rings is 3. The molecule has 0 N–H and O–H groups in total.